The van der Waals surface area contributed by atoms with Crippen LogP contribution >= 0.6 is 0 Å². The smallest absolute Gasteiger partial charge is 0.255 e. The number of nitrogens with zero attached hydrogens (tertiary/aromatic N) is 2. The number of carbonyl (C=O) groups excluding carboxylic acids is 1. The first kappa shape index (κ1) is 24.0. The second kappa shape index (κ2) is 9.93. The number of anilines is 3. The summed E-state index contributed by atoms with van der Waals surface area (Å²) in [6.07, 6.45) is 3.44. The fourth-order valence-corrected chi connectivity index (χ4v) is 5.54. The maximum absolute atomic E-state index is 13.0. The summed E-state index contributed by atoms with van der Waals surface area (Å²) in [5.41, 5.74) is 8.02. The van der Waals surface area contributed by atoms with E-state index >= 15 is 0 Å². The summed E-state index contributed by atoms with van der Waals surface area (Å²) < 4.78 is 0. The Morgan fingerprint density at radius 3 is 2.42 bits per heavy atom. The number of hydrogen-bond acceptors (Lipinski definition) is 4. The summed E-state index contributed by atoms with van der Waals surface area (Å²) >= 11 is 0. The van der Waals surface area contributed by atoms with Crippen LogP contribution in [0.2, 0.25) is 0 Å². The standard InChI is InChI=1S/C35H28N4O/c1-22-12-14-25(15-13-22)35(40)37-28-18-19-32-31(21-28)34(36-27-17-16-23-7-4-9-26(23)20-27)39-33(38-32)30-11-5-8-24-6-2-3-10-29(24)30/h2-3,5-6,8,10-21H,4,7,9H2,1H3,(H,37,40)(H,36,38,39). The SMILES string of the molecule is Cc1ccc(C(=O)Nc2ccc3nc(-c4cccc5ccccc45)nc(Nc4ccc5c(c4)CCC5)c3c2)cc1. The molecule has 1 aliphatic carbocycles. The van der Waals surface area contributed by atoms with Crippen LogP contribution in [-0.2, 0) is 12.8 Å². The van der Waals surface area contributed by atoms with Crippen LogP contribution in [0.15, 0.2) is 103 Å². The number of aromatic nitrogens is 2. The van der Waals surface area contributed by atoms with Crippen LogP contribution in [0.4, 0.5) is 17.2 Å². The van der Waals surface area contributed by atoms with Crippen molar-refractivity contribution in [2.45, 2.75) is 26.2 Å². The van der Waals surface area contributed by atoms with Crippen molar-refractivity contribution >= 4 is 44.8 Å². The number of carbonyl (C=O) groups is 1. The van der Waals surface area contributed by atoms with Crippen molar-refractivity contribution in [3.8, 4) is 11.4 Å². The van der Waals surface area contributed by atoms with E-state index < -0.39 is 0 Å². The van der Waals surface area contributed by atoms with Gasteiger partial charge < -0.3 is 10.6 Å². The highest BCUT2D eigenvalue weighted by atomic mass is 16.1. The molecule has 7 rings (SSSR count). The highest BCUT2D eigenvalue weighted by Crippen LogP contribution is 2.33. The molecule has 40 heavy (non-hydrogen) atoms. The maximum Gasteiger partial charge on any atom is 0.255 e. The quantitative estimate of drug-likeness (QED) is 0.240. The van der Waals surface area contributed by atoms with Crippen molar-refractivity contribution in [3.63, 3.8) is 0 Å². The topological polar surface area (TPSA) is 66.9 Å². The van der Waals surface area contributed by atoms with Gasteiger partial charge in [-0.15, -0.1) is 0 Å². The Bertz CT molecular complexity index is 1900. The lowest BCUT2D eigenvalue weighted by molar-refractivity contribution is 0.102. The first-order chi connectivity index (χ1) is 19.6. The van der Waals surface area contributed by atoms with E-state index in [0.717, 1.165) is 51.3 Å². The first-order valence-corrected chi connectivity index (χ1v) is 13.7. The average Bonchev–Trinajstić information content (AvgIpc) is 3.45. The number of fused-ring (bicyclic) bond motifs is 3. The van der Waals surface area contributed by atoms with Crippen molar-refractivity contribution < 1.29 is 4.79 Å². The number of nitrogens with one attached hydrogen (secondary N) is 2. The van der Waals surface area contributed by atoms with Crippen molar-refractivity contribution in [2.75, 3.05) is 10.6 Å². The van der Waals surface area contributed by atoms with Gasteiger partial charge in [0, 0.05) is 27.9 Å². The fraction of sp³-hybridized carbons (Fsp3) is 0.114. The molecular weight excluding hydrogens is 492 g/mol. The van der Waals surface area contributed by atoms with E-state index in [4.69, 9.17) is 9.97 Å². The molecule has 5 aromatic carbocycles. The Balaban J connectivity index is 1.33. The van der Waals surface area contributed by atoms with Crippen molar-refractivity contribution in [3.05, 3.63) is 125 Å². The van der Waals surface area contributed by atoms with Crippen LogP contribution in [0, 0.1) is 6.92 Å². The van der Waals surface area contributed by atoms with E-state index in [1.807, 2.05) is 67.6 Å². The largest absolute Gasteiger partial charge is 0.340 e. The Morgan fingerprint density at radius 1 is 0.725 bits per heavy atom. The average molecular weight is 521 g/mol. The molecule has 1 heterocycles. The van der Waals surface area contributed by atoms with Crippen molar-refractivity contribution in [2.24, 2.45) is 0 Å². The zero-order chi connectivity index (χ0) is 27.1. The molecular formula is C35H28N4O. The molecule has 1 aliphatic rings. The van der Waals surface area contributed by atoms with Gasteiger partial charge in [-0.05, 0) is 90.6 Å². The van der Waals surface area contributed by atoms with Crippen LogP contribution < -0.4 is 10.6 Å². The zero-order valence-electron chi connectivity index (χ0n) is 22.2. The van der Waals surface area contributed by atoms with Gasteiger partial charge in [0.25, 0.3) is 5.91 Å². The molecule has 0 aliphatic heterocycles. The lowest BCUT2D eigenvalue weighted by atomic mass is 10.0. The summed E-state index contributed by atoms with van der Waals surface area (Å²) in [7, 11) is 0. The third-order valence-corrected chi connectivity index (χ3v) is 7.66. The predicted molar refractivity (Wildman–Crippen MR) is 163 cm³/mol. The highest BCUT2D eigenvalue weighted by molar-refractivity contribution is 6.06. The van der Waals surface area contributed by atoms with Crippen LogP contribution in [-0.4, -0.2) is 15.9 Å². The first-order valence-electron chi connectivity index (χ1n) is 13.7. The van der Waals surface area contributed by atoms with E-state index in [1.165, 1.54) is 17.5 Å². The molecule has 0 bridgehead atoms. The van der Waals surface area contributed by atoms with Gasteiger partial charge in [-0.2, -0.15) is 0 Å². The number of benzene rings is 5. The van der Waals surface area contributed by atoms with Crippen LogP contribution in [0.3, 0.4) is 0 Å². The van der Waals surface area contributed by atoms with Gasteiger partial charge in [-0.3, -0.25) is 4.79 Å². The van der Waals surface area contributed by atoms with Gasteiger partial charge in [0.2, 0.25) is 0 Å². The van der Waals surface area contributed by atoms with Crippen LogP contribution in [0.25, 0.3) is 33.1 Å². The third kappa shape index (κ3) is 4.56. The van der Waals surface area contributed by atoms with E-state index in [1.54, 1.807) is 0 Å². The third-order valence-electron chi connectivity index (χ3n) is 7.66. The Kier molecular flexibility index (Phi) is 5.97. The lowest BCUT2D eigenvalue weighted by Gasteiger charge is -2.14. The number of amides is 1. The van der Waals surface area contributed by atoms with Crippen molar-refractivity contribution in [1.29, 1.82) is 0 Å². The van der Waals surface area contributed by atoms with Gasteiger partial charge in [0.15, 0.2) is 5.82 Å². The second-order valence-corrected chi connectivity index (χ2v) is 10.4. The van der Waals surface area contributed by atoms with Gasteiger partial charge >= 0.3 is 0 Å². The summed E-state index contributed by atoms with van der Waals surface area (Å²) in [5.74, 6) is 1.21. The molecule has 0 saturated carbocycles. The monoisotopic (exact) mass is 520 g/mol. The molecule has 2 N–H and O–H groups in total. The van der Waals surface area contributed by atoms with Crippen LogP contribution in [0.1, 0.15) is 33.5 Å². The summed E-state index contributed by atoms with van der Waals surface area (Å²) in [6.45, 7) is 2.01. The summed E-state index contributed by atoms with van der Waals surface area (Å²) in [6, 6.07) is 34.4. The lowest BCUT2D eigenvalue weighted by Crippen LogP contribution is -2.12. The maximum atomic E-state index is 13.0. The minimum absolute atomic E-state index is 0.152. The molecule has 5 heteroatoms. The predicted octanol–water partition coefficient (Wildman–Crippen LogP) is 8.24. The second-order valence-electron chi connectivity index (χ2n) is 10.4. The van der Waals surface area contributed by atoms with Gasteiger partial charge in [-0.1, -0.05) is 66.2 Å². The van der Waals surface area contributed by atoms with Gasteiger partial charge in [0.1, 0.15) is 5.82 Å². The summed E-state index contributed by atoms with van der Waals surface area (Å²) in [5, 5.41) is 9.72. The normalized spacial score (nSPS) is 12.4. The Morgan fingerprint density at radius 2 is 1.52 bits per heavy atom. The van der Waals surface area contributed by atoms with Crippen LogP contribution in [0.5, 0.6) is 0 Å². The van der Waals surface area contributed by atoms with E-state index in [-0.39, 0.29) is 5.91 Å². The number of aryl methyl sites for hydroxylation is 3. The molecule has 1 amide bonds. The van der Waals surface area contributed by atoms with E-state index in [0.29, 0.717) is 22.9 Å². The molecule has 0 saturated heterocycles. The van der Waals surface area contributed by atoms with E-state index in [9.17, 15) is 4.79 Å². The highest BCUT2D eigenvalue weighted by Gasteiger charge is 2.16. The Hall–Kier alpha value is -5.03. The Labute approximate surface area is 232 Å². The molecule has 0 atom stereocenters. The molecule has 6 aromatic rings. The number of hydrogen-bond donors (Lipinski definition) is 2. The fourth-order valence-electron chi connectivity index (χ4n) is 5.54. The molecule has 0 unspecified atom stereocenters. The molecule has 0 radical (unpaired) electrons. The van der Waals surface area contributed by atoms with Crippen molar-refractivity contribution in [1.82, 2.24) is 9.97 Å². The zero-order valence-corrected chi connectivity index (χ0v) is 22.2. The molecule has 0 fully saturated rings. The minimum Gasteiger partial charge on any atom is -0.340 e. The van der Waals surface area contributed by atoms with Gasteiger partial charge in [-0.25, -0.2) is 9.97 Å². The summed E-state index contributed by atoms with van der Waals surface area (Å²) in [4.78, 5) is 23.0. The molecule has 0 spiro atoms. The van der Waals surface area contributed by atoms with E-state index in [2.05, 4.69) is 53.1 Å². The van der Waals surface area contributed by atoms with Gasteiger partial charge in [0.05, 0.1) is 5.52 Å². The number of rotatable bonds is 5. The minimum atomic E-state index is -0.152. The molecule has 5 nitrogen and oxygen atoms in total. The molecule has 194 valence electrons. The molecule has 1 aromatic heterocycles.